The number of carbonyl (C=O) groups excluding carboxylic acids is 1. The Hall–Kier alpha value is -3.61. The second kappa shape index (κ2) is 55.5. The summed E-state index contributed by atoms with van der Waals surface area (Å²) in [6, 6.07) is -0.926. The van der Waals surface area contributed by atoms with Crippen LogP contribution in [-0.2, 0) is 23.7 Å². The lowest BCUT2D eigenvalue weighted by molar-refractivity contribution is -0.359. The molecule has 14 heteroatoms. The molecule has 2 heterocycles. The van der Waals surface area contributed by atoms with Gasteiger partial charge in [-0.15, -0.1) is 0 Å². The van der Waals surface area contributed by atoms with E-state index in [1.54, 1.807) is 6.08 Å². The first-order valence-corrected chi connectivity index (χ1v) is 33.8. The first-order valence-electron chi connectivity index (χ1n) is 33.8. The van der Waals surface area contributed by atoms with Crippen molar-refractivity contribution >= 4 is 5.91 Å². The SMILES string of the molecule is CC/C=C\C/C=C\C/C=C\C/C=C\C/C=C\C/C=C\C/C=C\C/C=C\C/C=C\CCCCCCCCCCCC(=O)NC(COC1OC(CO)C(OC2OC(CO)C(O)C(O)C2O)C(O)C1O)C(O)/C=C/CCCCCCCCCCCCCCC. The van der Waals surface area contributed by atoms with Crippen molar-refractivity contribution in [3.05, 3.63) is 122 Å². The third-order valence-corrected chi connectivity index (χ3v) is 15.7. The number of unbranched alkanes of at least 4 members (excludes halogenated alkanes) is 22. The van der Waals surface area contributed by atoms with Gasteiger partial charge in [-0.3, -0.25) is 4.79 Å². The van der Waals surface area contributed by atoms with Gasteiger partial charge in [0.1, 0.15) is 48.8 Å². The van der Waals surface area contributed by atoms with Gasteiger partial charge in [-0.05, 0) is 89.9 Å². The Morgan fingerprint density at radius 2 is 0.802 bits per heavy atom. The average Bonchev–Trinajstić information content (AvgIpc) is 1.83. The lowest BCUT2D eigenvalue weighted by atomic mass is 9.97. The third kappa shape index (κ3) is 39.4. The van der Waals surface area contributed by atoms with Gasteiger partial charge in [0, 0.05) is 6.42 Å². The van der Waals surface area contributed by atoms with E-state index in [4.69, 9.17) is 18.9 Å². The van der Waals surface area contributed by atoms with E-state index in [0.29, 0.717) is 6.42 Å². The number of rotatable bonds is 53. The molecule has 0 radical (unpaired) electrons. The number of ether oxygens (including phenoxy) is 4. The minimum atomic E-state index is -1.79. The quantitative estimate of drug-likeness (QED) is 0.0204. The van der Waals surface area contributed by atoms with Crippen LogP contribution in [0, 0.1) is 0 Å². The van der Waals surface area contributed by atoms with E-state index in [9.17, 15) is 45.6 Å². The van der Waals surface area contributed by atoms with Crippen molar-refractivity contribution in [2.45, 2.75) is 306 Å². The molecule has 9 N–H and O–H groups in total. The van der Waals surface area contributed by atoms with Crippen LogP contribution < -0.4 is 5.32 Å². The highest BCUT2D eigenvalue weighted by atomic mass is 16.7. The molecule has 0 bridgehead atoms. The molecular weight excluding hydrogens is 1090 g/mol. The number of aliphatic hydroxyl groups excluding tert-OH is 8. The van der Waals surface area contributed by atoms with Crippen molar-refractivity contribution < 1.29 is 64.6 Å². The Labute approximate surface area is 520 Å². The van der Waals surface area contributed by atoms with Crippen LogP contribution in [0.3, 0.4) is 0 Å². The van der Waals surface area contributed by atoms with E-state index in [-0.39, 0.29) is 18.9 Å². The normalized spacial score (nSPS) is 24.2. The molecule has 0 spiro atoms. The van der Waals surface area contributed by atoms with Crippen molar-refractivity contribution in [3.63, 3.8) is 0 Å². The summed E-state index contributed by atoms with van der Waals surface area (Å²) < 4.78 is 22.8. The summed E-state index contributed by atoms with van der Waals surface area (Å²) in [7, 11) is 0. The number of aliphatic hydroxyl groups is 8. The average molecular weight is 1210 g/mol. The summed E-state index contributed by atoms with van der Waals surface area (Å²) in [6.07, 6.45) is 63.8. The molecular formula is C72H121NO13. The summed E-state index contributed by atoms with van der Waals surface area (Å²) in [5, 5.41) is 87.2. The Balaban J connectivity index is 1.65. The van der Waals surface area contributed by atoms with E-state index >= 15 is 0 Å². The van der Waals surface area contributed by atoms with Crippen molar-refractivity contribution in [1.82, 2.24) is 5.32 Å². The predicted octanol–water partition coefficient (Wildman–Crippen LogP) is 13.3. The smallest absolute Gasteiger partial charge is 0.220 e. The maximum absolute atomic E-state index is 13.3. The Kier molecular flexibility index (Phi) is 50.6. The molecule has 0 aromatic carbocycles. The summed E-state index contributed by atoms with van der Waals surface area (Å²) in [5.74, 6) is -0.250. The monoisotopic (exact) mass is 1210 g/mol. The number of amides is 1. The lowest BCUT2D eigenvalue weighted by Gasteiger charge is -2.46. The van der Waals surface area contributed by atoms with Crippen LogP contribution in [0.2, 0.25) is 0 Å². The Bertz CT molecular complexity index is 1910. The second-order valence-electron chi connectivity index (χ2n) is 23.2. The lowest BCUT2D eigenvalue weighted by Crippen LogP contribution is -2.65. The molecule has 1 amide bonds. The molecule has 2 saturated heterocycles. The van der Waals surface area contributed by atoms with Crippen LogP contribution in [0.1, 0.15) is 232 Å². The standard InChI is InChI=1S/C72H121NO13/c1-3-5-7-9-11-13-15-17-19-20-21-22-23-24-25-26-27-28-29-30-31-32-33-34-35-36-37-38-39-40-42-44-46-48-50-52-54-56-64(77)73-60(61(76)55-53-51-49-47-45-43-41-18-16-14-12-10-8-6-4-2)59-83-71-69(82)67(80)70(63(58-75)85-71)86-72-68(81)66(79)65(78)62(57-74)84-72/h5,7,11,13,17,19,21-22,24-25,27-28,30-31,33-34,36-37,53,55,60-63,65-72,74-76,78-82H,3-4,6,8-10,12,14-16,18,20,23,26,29,32,35,38-52,54,56-59H2,1-2H3,(H,73,77)/b7-5-,13-11-,19-17-,22-21-,25-24-,28-27-,31-30-,34-33-,37-36-,55-53+. The molecule has 12 atom stereocenters. The maximum Gasteiger partial charge on any atom is 0.220 e. The van der Waals surface area contributed by atoms with Gasteiger partial charge in [-0.25, -0.2) is 0 Å². The highest BCUT2D eigenvalue weighted by Gasteiger charge is 2.51. The number of nitrogens with one attached hydrogen (secondary N) is 1. The molecule has 86 heavy (non-hydrogen) atoms. The fourth-order valence-corrected chi connectivity index (χ4v) is 10.3. The molecule has 0 aromatic heterocycles. The number of allylic oxidation sites excluding steroid dienone is 19. The van der Waals surface area contributed by atoms with Gasteiger partial charge in [0.25, 0.3) is 0 Å². The van der Waals surface area contributed by atoms with E-state index in [2.05, 4.69) is 129 Å². The molecule has 12 unspecified atom stereocenters. The van der Waals surface area contributed by atoms with Gasteiger partial charge in [-0.1, -0.05) is 257 Å². The molecule has 0 aliphatic carbocycles. The van der Waals surface area contributed by atoms with Gasteiger partial charge in [0.15, 0.2) is 12.6 Å². The largest absolute Gasteiger partial charge is 0.394 e. The van der Waals surface area contributed by atoms with Crippen LogP contribution in [0.5, 0.6) is 0 Å². The predicted molar refractivity (Wildman–Crippen MR) is 350 cm³/mol. The highest BCUT2D eigenvalue weighted by molar-refractivity contribution is 5.76. The zero-order valence-corrected chi connectivity index (χ0v) is 53.3. The topological polar surface area (TPSA) is 228 Å². The minimum absolute atomic E-state index is 0.250. The zero-order chi connectivity index (χ0) is 62.3. The molecule has 0 aromatic rings. The maximum atomic E-state index is 13.3. The molecule has 2 aliphatic rings. The van der Waals surface area contributed by atoms with E-state index in [1.165, 1.54) is 103 Å². The zero-order valence-electron chi connectivity index (χ0n) is 53.3. The van der Waals surface area contributed by atoms with Crippen LogP contribution in [-0.4, -0.2) is 140 Å². The molecule has 0 saturated carbocycles. The Morgan fingerprint density at radius 3 is 1.23 bits per heavy atom. The Morgan fingerprint density at radius 1 is 0.430 bits per heavy atom. The van der Waals surface area contributed by atoms with Crippen molar-refractivity contribution in [3.8, 4) is 0 Å². The van der Waals surface area contributed by atoms with Gasteiger partial charge in [0.2, 0.25) is 5.91 Å². The van der Waals surface area contributed by atoms with E-state index < -0.39 is 86.8 Å². The van der Waals surface area contributed by atoms with Gasteiger partial charge < -0.3 is 65.1 Å². The summed E-state index contributed by atoms with van der Waals surface area (Å²) >= 11 is 0. The van der Waals surface area contributed by atoms with E-state index in [1.807, 2.05) is 6.08 Å². The van der Waals surface area contributed by atoms with Crippen molar-refractivity contribution in [1.29, 1.82) is 0 Å². The summed E-state index contributed by atoms with van der Waals surface area (Å²) in [5.41, 5.74) is 0. The van der Waals surface area contributed by atoms with Gasteiger partial charge >= 0.3 is 0 Å². The van der Waals surface area contributed by atoms with Crippen molar-refractivity contribution in [2.75, 3.05) is 19.8 Å². The fourth-order valence-electron chi connectivity index (χ4n) is 10.3. The number of hydrogen-bond acceptors (Lipinski definition) is 13. The second-order valence-corrected chi connectivity index (χ2v) is 23.2. The molecule has 2 rings (SSSR count). The molecule has 2 fully saturated rings. The van der Waals surface area contributed by atoms with Gasteiger partial charge in [0.05, 0.1) is 32.0 Å². The third-order valence-electron chi connectivity index (χ3n) is 15.7. The van der Waals surface area contributed by atoms with Crippen LogP contribution in [0.4, 0.5) is 0 Å². The fraction of sp³-hybridized carbons (Fsp3) is 0.708. The van der Waals surface area contributed by atoms with Crippen LogP contribution in [0.25, 0.3) is 0 Å². The number of carbonyl (C=O) groups is 1. The first-order chi connectivity index (χ1) is 42.1. The summed E-state index contributed by atoms with van der Waals surface area (Å²) in [4.78, 5) is 13.3. The van der Waals surface area contributed by atoms with Crippen LogP contribution in [0.15, 0.2) is 122 Å². The minimum Gasteiger partial charge on any atom is -0.394 e. The first kappa shape index (κ1) is 78.5. The molecule has 2 aliphatic heterocycles. The van der Waals surface area contributed by atoms with Crippen LogP contribution >= 0.6 is 0 Å². The molecule has 492 valence electrons. The number of hydrogen-bond donors (Lipinski definition) is 9. The van der Waals surface area contributed by atoms with Crippen molar-refractivity contribution in [2.24, 2.45) is 0 Å². The summed E-state index contributed by atoms with van der Waals surface area (Å²) in [6.45, 7) is 2.67. The molecule has 14 nitrogen and oxygen atoms in total. The van der Waals surface area contributed by atoms with E-state index in [0.717, 1.165) is 103 Å². The van der Waals surface area contributed by atoms with Gasteiger partial charge in [-0.2, -0.15) is 0 Å². The highest BCUT2D eigenvalue weighted by Crippen LogP contribution is 2.30.